The molecular weight excluding hydrogens is 488 g/mol. The zero-order chi connectivity index (χ0) is 27.5. The van der Waals surface area contributed by atoms with Crippen molar-refractivity contribution in [2.75, 3.05) is 13.1 Å². The first-order chi connectivity index (χ1) is 17.3. The maximum absolute atomic E-state index is 15.7. The Morgan fingerprint density at radius 3 is 2.24 bits per heavy atom. The lowest BCUT2D eigenvalue weighted by Gasteiger charge is -2.38. The lowest BCUT2D eigenvalue weighted by atomic mass is 9.80. The SMILES string of the molecule is CC(C)C(=O)[C@H](NC(=O)c1cccc(C2CCCN(C(=O)C(C)(C)C(F)(F)F)C2)c1F)C1CCCCC1. The number of nitrogens with zero attached hydrogens (tertiary/aromatic N) is 1. The van der Waals surface area contributed by atoms with Crippen LogP contribution in [0.3, 0.4) is 0 Å². The van der Waals surface area contributed by atoms with Crippen LogP contribution in [0, 0.1) is 23.1 Å². The van der Waals surface area contributed by atoms with Crippen molar-refractivity contribution in [1.29, 1.82) is 0 Å². The number of piperidine rings is 1. The summed E-state index contributed by atoms with van der Waals surface area (Å²) in [6.45, 7) is 5.37. The molecule has 0 bridgehead atoms. The van der Waals surface area contributed by atoms with Crippen LogP contribution in [0.25, 0.3) is 0 Å². The third kappa shape index (κ3) is 6.34. The first-order valence-corrected chi connectivity index (χ1v) is 13.2. The van der Waals surface area contributed by atoms with Gasteiger partial charge in [0, 0.05) is 24.9 Å². The molecule has 5 nitrogen and oxygen atoms in total. The van der Waals surface area contributed by atoms with Crippen molar-refractivity contribution in [3.05, 3.63) is 35.1 Å². The number of amides is 2. The average molecular weight is 527 g/mol. The fourth-order valence-corrected chi connectivity index (χ4v) is 5.44. The first kappa shape index (κ1) is 29.1. The highest BCUT2D eigenvalue weighted by Crippen LogP contribution is 2.41. The lowest BCUT2D eigenvalue weighted by Crippen LogP contribution is -2.51. The maximum Gasteiger partial charge on any atom is 0.402 e. The summed E-state index contributed by atoms with van der Waals surface area (Å²) in [4.78, 5) is 40.0. The molecule has 0 radical (unpaired) electrons. The molecule has 1 aliphatic heterocycles. The summed E-state index contributed by atoms with van der Waals surface area (Å²) in [5.41, 5.74) is -2.56. The molecule has 9 heteroatoms. The minimum absolute atomic E-state index is 0.00810. The number of hydrogen-bond acceptors (Lipinski definition) is 3. The van der Waals surface area contributed by atoms with Crippen LogP contribution in [-0.4, -0.2) is 47.8 Å². The van der Waals surface area contributed by atoms with Gasteiger partial charge < -0.3 is 10.2 Å². The molecule has 206 valence electrons. The van der Waals surface area contributed by atoms with Gasteiger partial charge >= 0.3 is 6.18 Å². The van der Waals surface area contributed by atoms with Crippen LogP contribution < -0.4 is 5.32 Å². The zero-order valence-corrected chi connectivity index (χ0v) is 22.1. The van der Waals surface area contributed by atoms with E-state index in [1.165, 1.54) is 18.2 Å². The molecule has 2 aliphatic rings. The Labute approximate surface area is 216 Å². The Bertz CT molecular complexity index is 1000. The van der Waals surface area contributed by atoms with Crippen molar-refractivity contribution in [2.24, 2.45) is 17.3 Å². The fraction of sp³-hybridized carbons (Fsp3) is 0.679. The summed E-state index contributed by atoms with van der Waals surface area (Å²) in [5, 5.41) is 2.80. The monoisotopic (exact) mass is 526 g/mol. The maximum atomic E-state index is 15.7. The molecule has 1 aromatic rings. The van der Waals surface area contributed by atoms with Crippen LogP contribution in [0.4, 0.5) is 17.6 Å². The Kier molecular flexibility index (Phi) is 9.06. The molecule has 0 spiro atoms. The summed E-state index contributed by atoms with van der Waals surface area (Å²) >= 11 is 0. The topological polar surface area (TPSA) is 66.5 Å². The van der Waals surface area contributed by atoms with Gasteiger partial charge in [0.1, 0.15) is 11.2 Å². The molecule has 1 saturated carbocycles. The molecule has 1 heterocycles. The number of rotatable bonds is 7. The highest BCUT2D eigenvalue weighted by atomic mass is 19.4. The van der Waals surface area contributed by atoms with Crippen LogP contribution >= 0.6 is 0 Å². The van der Waals surface area contributed by atoms with Crippen LogP contribution in [0.15, 0.2) is 18.2 Å². The second-order valence-corrected chi connectivity index (χ2v) is 11.3. The van der Waals surface area contributed by atoms with Crippen molar-refractivity contribution >= 4 is 17.6 Å². The minimum atomic E-state index is -4.71. The number of alkyl halides is 3. The van der Waals surface area contributed by atoms with E-state index in [0.29, 0.717) is 12.8 Å². The summed E-state index contributed by atoms with van der Waals surface area (Å²) in [5.74, 6) is -3.36. The van der Waals surface area contributed by atoms with E-state index in [1.54, 1.807) is 13.8 Å². The minimum Gasteiger partial charge on any atom is -0.342 e. The van der Waals surface area contributed by atoms with Crippen molar-refractivity contribution in [2.45, 2.75) is 90.8 Å². The van der Waals surface area contributed by atoms with Gasteiger partial charge in [0.25, 0.3) is 5.91 Å². The smallest absolute Gasteiger partial charge is 0.342 e. The highest BCUT2D eigenvalue weighted by molar-refractivity contribution is 5.98. The summed E-state index contributed by atoms with van der Waals surface area (Å²) in [7, 11) is 0. The Hall–Kier alpha value is -2.45. The number of halogens is 4. The van der Waals surface area contributed by atoms with E-state index in [-0.39, 0.29) is 41.8 Å². The zero-order valence-electron chi connectivity index (χ0n) is 22.1. The standard InChI is InChI=1S/C28H38F4N2O3/c1-17(2)24(35)23(18-10-6-5-7-11-18)33-25(36)21-14-8-13-20(22(21)29)19-12-9-15-34(16-19)26(37)27(3,4)28(30,31)32/h8,13-14,17-19,23H,5-7,9-12,15-16H2,1-4H3,(H,33,36)/t19?,23-/m1/s1. The van der Waals surface area contributed by atoms with Gasteiger partial charge in [-0.15, -0.1) is 0 Å². The number of Topliss-reactive ketones (excluding diaryl/α,β-unsaturated/α-hetero) is 1. The number of ketones is 1. The molecular formula is C28H38F4N2O3. The van der Waals surface area contributed by atoms with Gasteiger partial charge in [-0.2, -0.15) is 13.2 Å². The number of carbonyl (C=O) groups excluding carboxylic acids is 3. The molecule has 3 rings (SSSR count). The van der Waals surface area contributed by atoms with Gasteiger partial charge in [0.05, 0.1) is 11.6 Å². The van der Waals surface area contributed by atoms with Gasteiger partial charge in [-0.3, -0.25) is 14.4 Å². The molecule has 2 fully saturated rings. The number of nitrogens with one attached hydrogen (secondary N) is 1. The summed E-state index contributed by atoms with van der Waals surface area (Å²) < 4.78 is 56.0. The summed E-state index contributed by atoms with van der Waals surface area (Å²) in [6.07, 6.45) is 0.899. The second-order valence-electron chi connectivity index (χ2n) is 11.3. The molecule has 1 saturated heterocycles. The van der Waals surface area contributed by atoms with Gasteiger partial charge in [-0.05, 0) is 57.1 Å². The number of likely N-dealkylation sites (tertiary alicyclic amines) is 1. The lowest BCUT2D eigenvalue weighted by molar-refractivity contribution is -0.217. The van der Waals surface area contributed by atoms with Gasteiger partial charge in [-0.25, -0.2) is 4.39 Å². The first-order valence-electron chi connectivity index (χ1n) is 13.2. The Balaban J connectivity index is 1.81. The van der Waals surface area contributed by atoms with Crippen molar-refractivity contribution in [3.8, 4) is 0 Å². The molecule has 1 N–H and O–H groups in total. The Morgan fingerprint density at radius 1 is 1.00 bits per heavy atom. The third-order valence-corrected chi connectivity index (χ3v) is 7.95. The normalized spacial score (nSPS) is 20.6. The van der Waals surface area contributed by atoms with Gasteiger partial charge in [-0.1, -0.05) is 45.2 Å². The quantitative estimate of drug-likeness (QED) is 0.442. The molecule has 0 aromatic heterocycles. The second kappa shape index (κ2) is 11.5. The molecule has 37 heavy (non-hydrogen) atoms. The molecule has 1 unspecified atom stereocenters. The molecule has 1 aliphatic carbocycles. The van der Waals surface area contributed by atoms with Gasteiger partial charge in [0.15, 0.2) is 5.78 Å². The van der Waals surface area contributed by atoms with Crippen LogP contribution in [0.2, 0.25) is 0 Å². The van der Waals surface area contributed by atoms with E-state index in [1.807, 2.05) is 0 Å². The van der Waals surface area contributed by atoms with E-state index in [9.17, 15) is 27.6 Å². The van der Waals surface area contributed by atoms with Crippen LogP contribution in [0.5, 0.6) is 0 Å². The average Bonchev–Trinajstić information content (AvgIpc) is 2.86. The summed E-state index contributed by atoms with van der Waals surface area (Å²) in [6, 6.07) is 3.71. The predicted octanol–water partition coefficient (Wildman–Crippen LogP) is 6.02. The highest BCUT2D eigenvalue weighted by Gasteiger charge is 2.54. The Morgan fingerprint density at radius 2 is 1.65 bits per heavy atom. The van der Waals surface area contributed by atoms with Crippen LogP contribution in [-0.2, 0) is 9.59 Å². The van der Waals surface area contributed by atoms with E-state index in [2.05, 4.69) is 5.32 Å². The number of benzene rings is 1. The van der Waals surface area contributed by atoms with Crippen molar-refractivity contribution in [1.82, 2.24) is 10.2 Å². The van der Waals surface area contributed by atoms with Crippen LogP contribution in [0.1, 0.15) is 94.5 Å². The molecule has 1 aromatic carbocycles. The number of hydrogen-bond donors (Lipinski definition) is 1. The van der Waals surface area contributed by atoms with Crippen molar-refractivity contribution in [3.63, 3.8) is 0 Å². The van der Waals surface area contributed by atoms with Crippen molar-refractivity contribution < 1.29 is 31.9 Å². The van der Waals surface area contributed by atoms with E-state index >= 15 is 4.39 Å². The van der Waals surface area contributed by atoms with E-state index in [4.69, 9.17) is 0 Å². The molecule has 2 atom stereocenters. The van der Waals surface area contributed by atoms with E-state index in [0.717, 1.165) is 50.9 Å². The molecule has 2 amide bonds. The third-order valence-electron chi connectivity index (χ3n) is 7.95. The van der Waals surface area contributed by atoms with E-state index < -0.39 is 41.2 Å². The number of carbonyl (C=O) groups is 3. The fourth-order valence-electron chi connectivity index (χ4n) is 5.44. The largest absolute Gasteiger partial charge is 0.402 e. The van der Waals surface area contributed by atoms with Gasteiger partial charge in [0.2, 0.25) is 5.91 Å². The predicted molar refractivity (Wildman–Crippen MR) is 132 cm³/mol.